The molecule has 0 fully saturated rings. The van der Waals surface area contributed by atoms with Gasteiger partial charge in [0.2, 0.25) is 0 Å². The zero-order chi connectivity index (χ0) is 12.4. The lowest BCUT2D eigenvalue weighted by Crippen LogP contribution is -2.00. The lowest BCUT2D eigenvalue weighted by molar-refractivity contribution is 0.570. The van der Waals surface area contributed by atoms with Gasteiger partial charge in [0.05, 0.1) is 5.38 Å². The monoisotopic (exact) mass is 256 g/mol. The van der Waals surface area contributed by atoms with Crippen molar-refractivity contribution in [3.05, 3.63) is 71.0 Å². The standard InChI is InChI=1S/C13H8ClF3/c14-13(9-3-1-2-4-11(9)16)10-6-5-8(15)7-12(10)17/h1-7,13H. The number of rotatable bonds is 2. The Kier molecular flexibility index (Phi) is 3.38. The Labute approximate surface area is 102 Å². The second kappa shape index (κ2) is 4.80. The molecule has 0 radical (unpaired) electrons. The van der Waals surface area contributed by atoms with Crippen molar-refractivity contribution in [1.82, 2.24) is 0 Å². The van der Waals surface area contributed by atoms with E-state index >= 15 is 0 Å². The van der Waals surface area contributed by atoms with Gasteiger partial charge < -0.3 is 0 Å². The SMILES string of the molecule is Fc1ccc(C(Cl)c2ccccc2F)c(F)c1. The van der Waals surface area contributed by atoms with Crippen LogP contribution in [0.2, 0.25) is 0 Å². The van der Waals surface area contributed by atoms with E-state index in [1.165, 1.54) is 24.3 Å². The Hall–Kier alpha value is -1.48. The predicted octanol–water partition coefficient (Wildman–Crippen LogP) is 4.43. The van der Waals surface area contributed by atoms with E-state index < -0.39 is 22.8 Å². The minimum Gasteiger partial charge on any atom is -0.207 e. The average Bonchev–Trinajstić information content (AvgIpc) is 2.29. The van der Waals surface area contributed by atoms with Crippen molar-refractivity contribution in [1.29, 1.82) is 0 Å². The number of hydrogen-bond donors (Lipinski definition) is 0. The summed E-state index contributed by atoms with van der Waals surface area (Å²) in [5.74, 6) is -1.99. The first-order chi connectivity index (χ1) is 8.09. The molecule has 0 nitrogen and oxygen atoms in total. The van der Waals surface area contributed by atoms with Gasteiger partial charge in [-0.25, -0.2) is 13.2 Å². The van der Waals surface area contributed by atoms with Gasteiger partial charge in [0.25, 0.3) is 0 Å². The summed E-state index contributed by atoms with van der Waals surface area (Å²) in [6, 6.07) is 8.87. The van der Waals surface area contributed by atoms with Crippen LogP contribution >= 0.6 is 11.6 Å². The van der Waals surface area contributed by atoms with Crippen LogP contribution in [0.4, 0.5) is 13.2 Å². The highest BCUT2D eigenvalue weighted by Crippen LogP contribution is 2.32. The van der Waals surface area contributed by atoms with Gasteiger partial charge in [0.1, 0.15) is 17.5 Å². The first kappa shape index (κ1) is 12.0. The Bertz CT molecular complexity index is 540. The molecular weight excluding hydrogens is 249 g/mol. The quantitative estimate of drug-likeness (QED) is 0.697. The van der Waals surface area contributed by atoms with Crippen molar-refractivity contribution in [3.8, 4) is 0 Å². The van der Waals surface area contributed by atoms with Crippen LogP contribution in [0.25, 0.3) is 0 Å². The van der Waals surface area contributed by atoms with Crippen LogP contribution in [0.3, 0.4) is 0 Å². The van der Waals surface area contributed by atoms with E-state index in [4.69, 9.17) is 11.6 Å². The predicted molar refractivity (Wildman–Crippen MR) is 60.5 cm³/mol. The molecule has 0 spiro atoms. The van der Waals surface area contributed by atoms with Gasteiger partial charge in [0, 0.05) is 17.2 Å². The first-order valence-corrected chi connectivity index (χ1v) is 5.36. The van der Waals surface area contributed by atoms with Gasteiger partial charge in [-0.05, 0) is 12.1 Å². The first-order valence-electron chi connectivity index (χ1n) is 4.93. The molecule has 0 bridgehead atoms. The van der Waals surface area contributed by atoms with Crippen LogP contribution in [-0.4, -0.2) is 0 Å². The largest absolute Gasteiger partial charge is 0.207 e. The number of hydrogen-bond acceptors (Lipinski definition) is 0. The van der Waals surface area contributed by atoms with Crippen molar-refractivity contribution in [2.24, 2.45) is 0 Å². The van der Waals surface area contributed by atoms with Crippen LogP contribution in [0, 0.1) is 17.5 Å². The molecule has 0 aliphatic heterocycles. The number of halogens is 4. The minimum absolute atomic E-state index is 0.0539. The van der Waals surface area contributed by atoms with E-state index in [9.17, 15) is 13.2 Å². The summed E-state index contributed by atoms with van der Waals surface area (Å²) in [5, 5.41) is -0.975. The smallest absolute Gasteiger partial charge is 0.131 e. The molecule has 0 amide bonds. The Balaban J connectivity index is 2.44. The third-order valence-electron chi connectivity index (χ3n) is 2.41. The van der Waals surface area contributed by atoms with Crippen LogP contribution in [0.15, 0.2) is 42.5 Å². The van der Waals surface area contributed by atoms with E-state index in [1.807, 2.05) is 0 Å². The highest BCUT2D eigenvalue weighted by molar-refractivity contribution is 6.22. The second-order valence-electron chi connectivity index (χ2n) is 3.55. The summed E-state index contributed by atoms with van der Waals surface area (Å²) in [6.07, 6.45) is 0. The van der Waals surface area contributed by atoms with Gasteiger partial charge >= 0.3 is 0 Å². The fourth-order valence-electron chi connectivity index (χ4n) is 1.56. The molecule has 88 valence electrons. The summed E-state index contributed by atoms with van der Waals surface area (Å²) < 4.78 is 39.7. The van der Waals surface area contributed by atoms with Gasteiger partial charge in [-0.1, -0.05) is 24.3 Å². The molecule has 0 aromatic heterocycles. The molecule has 0 heterocycles. The van der Waals surface area contributed by atoms with E-state index in [-0.39, 0.29) is 11.1 Å². The van der Waals surface area contributed by atoms with Crippen molar-refractivity contribution >= 4 is 11.6 Å². The Morgan fingerprint density at radius 3 is 2.12 bits per heavy atom. The van der Waals surface area contributed by atoms with E-state index in [1.54, 1.807) is 6.07 Å². The van der Waals surface area contributed by atoms with Crippen LogP contribution in [-0.2, 0) is 0 Å². The molecule has 0 N–H and O–H groups in total. The van der Waals surface area contributed by atoms with Crippen molar-refractivity contribution in [2.75, 3.05) is 0 Å². The topological polar surface area (TPSA) is 0 Å². The second-order valence-corrected chi connectivity index (χ2v) is 3.99. The molecule has 0 saturated heterocycles. The van der Waals surface area contributed by atoms with Gasteiger partial charge in [-0.3, -0.25) is 0 Å². The minimum atomic E-state index is -0.975. The Morgan fingerprint density at radius 2 is 1.47 bits per heavy atom. The fourth-order valence-corrected chi connectivity index (χ4v) is 1.91. The highest BCUT2D eigenvalue weighted by Gasteiger charge is 2.18. The maximum atomic E-state index is 13.5. The van der Waals surface area contributed by atoms with E-state index in [2.05, 4.69) is 0 Å². The zero-order valence-corrected chi connectivity index (χ0v) is 9.39. The third-order valence-corrected chi connectivity index (χ3v) is 2.88. The summed E-state index contributed by atoms with van der Waals surface area (Å²) in [6.45, 7) is 0. The maximum Gasteiger partial charge on any atom is 0.131 e. The number of benzene rings is 2. The van der Waals surface area contributed by atoms with Crippen LogP contribution in [0.1, 0.15) is 16.5 Å². The molecular formula is C13H8ClF3. The lowest BCUT2D eigenvalue weighted by atomic mass is 10.0. The number of alkyl halides is 1. The molecule has 17 heavy (non-hydrogen) atoms. The van der Waals surface area contributed by atoms with Crippen molar-refractivity contribution < 1.29 is 13.2 Å². The highest BCUT2D eigenvalue weighted by atomic mass is 35.5. The van der Waals surface area contributed by atoms with Crippen LogP contribution < -0.4 is 0 Å². The zero-order valence-electron chi connectivity index (χ0n) is 8.63. The molecule has 0 aliphatic rings. The van der Waals surface area contributed by atoms with Gasteiger partial charge in [-0.15, -0.1) is 11.6 Å². The van der Waals surface area contributed by atoms with Crippen molar-refractivity contribution in [2.45, 2.75) is 5.38 Å². The fraction of sp³-hybridized carbons (Fsp3) is 0.0769. The molecule has 1 atom stereocenters. The molecule has 0 saturated carbocycles. The third kappa shape index (κ3) is 2.44. The van der Waals surface area contributed by atoms with Crippen LogP contribution in [0.5, 0.6) is 0 Å². The molecule has 2 aromatic rings. The summed E-state index contributed by atoms with van der Waals surface area (Å²) in [7, 11) is 0. The molecule has 2 aromatic carbocycles. The molecule has 4 heteroatoms. The lowest BCUT2D eigenvalue weighted by Gasteiger charge is -2.12. The van der Waals surface area contributed by atoms with Gasteiger partial charge in [0.15, 0.2) is 0 Å². The van der Waals surface area contributed by atoms with E-state index in [0.717, 1.165) is 12.1 Å². The summed E-state index contributed by atoms with van der Waals surface area (Å²) in [4.78, 5) is 0. The van der Waals surface area contributed by atoms with Gasteiger partial charge in [-0.2, -0.15) is 0 Å². The molecule has 0 aliphatic carbocycles. The normalized spacial score (nSPS) is 12.5. The molecule has 1 unspecified atom stereocenters. The maximum absolute atomic E-state index is 13.5. The molecule has 2 rings (SSSR count). The average molecular weight is 257 g/mol. The summed E-state index contributed by atoms with van der Waals surface area (Å²) in [5.41, 5.74) is 0.220. The Morgan fingerprint density at radius 1 is 0.824 bits per heavy atom. The summed E-state index contributed by atoms with van der Waals surface area (Å²) >= 11 is 5.99. The van der Waals surface area contributed by atoms with Crippen molar-refractivity contribution in [3.63, 3.8) is 0 Å². The van der Waals surface area contributed by atoms with E-state index in [0.29, 0.717) is 0 Å².